The summed E-state index contributed by atoms with van der Waals surface area (Å²) < 4.78 is 5.56. The van der Waals surface area contributed by atoms with Crippen LogP contribution in [-0.2, 0) is 17.8 Å². The molecule has 6 rings (SSSR count). The van der Waals surface area contributed by atoms with Gasteiger partial charge in [0.25, 0.3) is 5.89 Å². The first-order valence-corrected chi connectivity index (χ1v) is 14.0. The largest absolute Gasteiger partial charge is 0.481 e. The van der Waals surface area contributed by atoms with Crippen LogP contribution in [0.2, 0.25) is 5.02 Å². The highest BCUT2D eigenvalue weighted by Gasteiger charge is 2.41. The minimum Gasteiger partial charge on any atom is -0.481 e. The van der Waals surface area contributed by atoms with E-state index in [0.717, 1.165) is 53.1 Å². The van der Waals surface area contributed by atoms with Crippen molar-refractivity contribution >= 4 is 17.6 Å². The first kappa shape index (κ1) is 26.9. The average Bonchev–Trinajstić information content (AvgIpc) is 3.50. The average molecular weight is 565 g/mol. The summed E-state index contributed by atoms with van der Waals surface area (Å²) in [6.07, 6.45) is 3.37. The Labute approximate surface area is 243 Å². The van der Waals surface area contributed by atoms with Crippen LogP contribution in [0, 0.1) is 5.41 Å². The zero-order chi connectivity index (χ0) is 28.2. The third-order valence-corrected chi connectivity index (χ3v) is 8.17. The van der Waals surface area contributed by atoms with E-state index < -0.39 is 11.4 Å². The molecular weight excluding hydrogens is 536 g/mol. The molecule has 0 unspecified atom stereocenters. The Morgan fingerprint density at radius 2 is 1.63 bits per heavy atom. The van der Waals surface area contributed by atoms with Crippen LogP contribution in [0.3, 0.4) is 0 Å². The molecule has 7 nitrogen and oxygen atoms in total. The predicted molar refractivity (Wildman–Crippen MR) is 158 cm³/mol. The van der Waals surface area contributed by atoms with Gasteiger partial charge in [-0.05, 0) is 61.3 Å². The third kappa shape index (κ3) is 5.92. The number of benzene rings is 3. The van der Waals surface area contributed by atoms with Gasteiger partial charge in [0.05, 0.1) is 5.41 Å². The Balaban J connectivity index is 1.09. The molecule has 0 radical (unpaired) electrons. The standard InChI is InChI=1S/C33H29ClN4O3/c34-29-20-26(13-14-28(29)24-6-2-1-3-7-24)31-36-30(37-41-31)25-11-9-23(10-12-25)22-38-18-15-33(16-19-38,32(39)40)21-27-8-4-5-17-35-27/h1-14,17,20H,15-16,18-19,21-22H2,(H,39,40). The monoisotopic (exact) mass is 564 g/mol. The summed E-state index contributed by atoms with van der Waals surface area (Å²) in [6, 6.07) is 29.5. The van der Waals surface area contributed by atoms with Gasteiger partial charge in [0, 0.05) is 46.6 Å². The number of carbonyl (C=O) groups is 1. The van der Waals surface area contributed by atoms with Gasteiger partial charge >= 0.3 is 5.97 Å². The second-order valence-corrected chi connectivity index (χ2v) is 10.9. The van der Waals surface area contributed by atoms with Crippen molar-refractivity contribution in [1.29, 1.82) is 0 Å². The van der Waals surface area contributed by atoms with Crippen molar-refractivity contribution in [3.05, 3.63) is 113 Å². The zero-order valence-electron chi connectivity index (χ0n) is 22.4. The molecule has 3 aromatic carbocycles. The van der Waals surface area contributed by atoms with Crippen LogP contribution in [0.4, 0.5) is 0 Å². The van der Waals surface area contributed by atoms with E-state index in [1.165, 1.54) is 0 Å². The van der Waals surface area contributed by atoms with Crippen LogP contribution >= 0.6 is 11.6 Å². The fourth-order valence-corrected chi connectivity index (χ4v) is 5.72. The number of aliphatic carboxylic acids is 1. The van der Waals surface area contributed by atoms with Gasteiger partial charge < -0.3 is 9.63 Å². The van der Waals surface area contributed by atoms with Crippen LogP contribution in [0.15, 0.2) is 102 Å². The molecular formula is C33H29ClN4O3. The van der Waals surface area contributed by atoms with Gasteiger partial charge in [-0.15, -0.1) is 0 Å². The Morgan fingerprint density at radius 1 is 0.902 bits per heavy atom. The third-order valence-electron chi connectivity index (χ3n) is 7.86. The summed E-state index contributed by atoms with van der Waals surface area (Å²) >= 11 is 6.58. The van der Waals surface area contributed by atoms with Gasteiger partial charge in [0.2, 0.25) is 5.82 Å². The van der Waals surface area contributed by atoms with E-state index in [0.29, 0.717) is 36.0 Å². The van der Waals surface area contributed by atoms with Gasteiger partial charge in [0.15, 0.2) is 0 Å². The van der Waals surface area contributed by atoms with Crippen LogP contribution in [0.5, 0.6) is 0 Å². The second kappa shape index (κ2) is 11.6. The SMILES string of the molecule is O=C(O)C1(Cc2ccccn2)CCN(Cc2ccc(-c3noc(-c4ccc(-c5ccccc5)c(Cl)c4)n3)cc2)CC1. The van der Waals surface area contributed by atoms with E-state index >= 15 is 0 Å². The van der Waals surface area contributed by atoms with Crippen LogP contribution in [-0.4, -0.2) is 44.2 Å². The maximum absolute atomic E-state index is 12.2. The van der Waals surface area contributed by atoms with Crippen molar-refractivity contribution in [2.75, 3.05) is 13.1 Å². The number of rotatable bonds is 8. The van der Waals surface area contributed by atoms with Crippen molar-refractivity contribution in [2.24, 2.45) is 5.41 Å². The van der Waals surface area contributed by atoms with E-state index in [4.69, 9.17) is 16.1 Å². The lowest BCUT2D eigenvalue weighted by Gasteiger charge is -2.38. The molecule has 0 atom stereocenters. The van der Waals surface area contributed by atoms with Gasteiger partial charge in [-0.25, -0.2) is 0 Å². The molecule has 0 saturated carbocycles. The Hall–Kier alpha value is -4.33. The van der Waals surface area contributed by atoms with E-state index in [2.05, 4.69) is 32.2 Å². The lowest BCUT2D eigenvalue weighted by molar-refractivity contribution is -0.152. The number of aromatic nitrogens is 3. The summed E-state index contributed by atoms with van der Waals surface area (Å²) in [7, 11) is 0. The first-order chi connectivity index (χ1) is 20.0. The molecule has 0 aliphatic carbocycles. The second-order valence-electron chi connectivity index (χ2n) is 10.5. The molecule has 8 heteroatoms. The first-order valence-electron chi connectivity index (χ1n) is 13.6. The molecule has 1 N–H and O–H groups in total. The fraction of sp³-hybridized carbons (Fsp3) is 0.212. The van der Waals surface area contributed by atoms with Crippen molar-refractivity contribution in [3.8, 4) is 34.0 Å². The van der Waals surface area contributed by atoms with E-state index in [9.17, 15) is 9.90 Å². The molecule has 0 bridgehead atoms. The van der Waals surface area contributed by atoms with Gasteiger partial charge in [-0.1, -0.05) is 83.5 Å². The molecule has 1 fully saturated rings. The fourth-order valence-electron chi connectivity index (χ4n) is 5.43. The van der Waals surface area contributed by atoms with Crippen molar-refractivity contribution in [2.45, 2.75) is 25.8 Å². The van der Waals surface area contributed by atoms with E-state index in [1.807, 2.05) is 78.9 Å². The number of pyridine rings is 1. The van der Waals surface area contributed by atoms with E-state index in [1.54, 1.807) is 6.20 Å². The van der Waals surface area contributed by atoms with E-state index in [-0.39, 0.29) is 0 Å². The van der Waals surface area contributed by atoms with Gasteiger partial charge in [-0.2, -0.15) is 4.98 Å². The number of carboxylic acids is 1. The number of hydrogen-bond acceptors (Lipinski definition) is 6. The molecule has 1 aliphatic rings. The van der Waals surface area contributed by atoms with Crippen LogP contribution in [0.1, 0.15) is 24.1 Å². The van der Waals surface area contributed by atoms with Gasteiger partial charge in [0.1, 0.15) is 0 Å². The molecule has 2 aromatic heterocycles. The summed E-state index contributed by atoms with van der Waals surface area (Å²) in [5.41, 5.74) is 4.82. The Kier molecular flexibility index (Phi) is 7.63. The summed E-state index contributed by atoms with van der Waals surface area (Å²) in [6.45, 7) is 2.20. The highest BCUT2D eigenvalue weighted by molar-refractivity contribution is 6.33. The summed E-state index contributed by atoms with van der Waals surface area (Å²) in [4.78, 5) is 23.5. The number of hydrogen-bond donors (Lipinski definition) is 1. The number of piperidine rings is 1. The molecule has 5 aromatic rings. The van der Waals surface area contributed by atoms with Crippen molar-refractivity contribution in [3.63, 3.8) is 0 Å². The maximum atomic E-state index is 12.2. The summed E-state index contributed by atoms with van der Waals surface area (Å²) in [5.74, 6) is 0.182. The van der Waals surface area contributed by atoms with Gasteiger partial charge in [-0.3, -0.25) is 14.7 Å². The lowest BCUT2D eigenvalue weighted by atomic mass is 9.74. The number of nitrogens with zero attached hydrogens (tertiary/aromatic N) is 4. The molecule has 0 spiro atoms. The number of halogens is 1. The zero-order valence-corrected chi connectivity index (χ0v) is 23.2. The summed E-state index contributed by atoms with van der Waals surface area (Å²) in [5, 5.41) is 14.8. The minimum atomic E-state index is -0.767. The Morgan fingerprint density at radius 3 is 2.32 bits per heavy atom. The normalized spacial score (nSPS) is 15.0. The van der Waals surface area contributed by atoms with Crippen molar-refractivity contribution in [1.82, 2.24) is 20.0 Å². The maximum Gasteiger partial charge on any atom is 0.310 e. The predicted octanol–water partition coefficient (Wildman–Crippen LogP) is 7.03. The molecule has 41 heavy (non-hydrogen) atoms. The minimum absolute atomic E-state index is 0.409. The topological polar surface area (TPSA) is 92.3 Å². The highest BCUT2D eigenvalue weighted by Crippen LogP contribution is 2.36. The number of carboxylic acid groups (broad SMARTS) is 1. The molecule has 206 valence electrons. The highest BCUT2D eigenvalue weighted by atomic mass is 35.5. The van der Waals surface area contributed by atoms with Crippen molar-refractivity contribution < 1.29 is 14.4 Å². The number of likely N-dealkylation sites (tertiary alicyclic amines) is 1. The molecule has 1 saturated heterocycles. The quantitative estimate of drug-likeness (QED) is 0.216. The van der Waals surface area contributed by atoms with Crippen LogP contribution in [0.25, 0.3) is 34.0 Å². The molecule has 0 amide bonds. The smallest absolute Gasteiger partial charge is 0.310 e. The van der Waals surface area contributed by atoms with Crippen LogP contribution < -0.4 is 0 Å². The molecule has 3 heterocycles. The lowest BCUT2D eigenvalue weighted by Crippen LogP contribution is -2.45. The Bertz CT molecular complexity index is 1630. The molecule has 1 aliphatic heterocycles.